The van der Waals surface area contributed by atoms with E-state index in [1.54, 1.807) is 6.08 Å². The van der Waals surface area contributed by atoms with E-state index in [-0.39, 0.29) is 0 Å². The van der Waals surface area contributed by atoms with Gasteiger partial charge in [0.25, 0.3) is 0 Å². The number of hydrogen-bond donors (Lipinski definition) is 1. The van der Waals surface area contributed by atoms with Gasteiger partial charge in [-0.3, -0.25) is 0 Å². The average molecular weight is 288 g/mol. The van der Waals surface area contributed by atoms with Crippen LogP contribution in [0.15, 0.2) is 55.1 Å². The molecule has 104 valence electrons. The van der Waals surface area contributed by atoms with Crippen molar-refractivity contribution in [1.82, 2.24) is 0 Å². The Hall–Kier alpha value is -1.93. The lowest BCUT2D eigenvalue weighted by molar-refractivity contribution is 0.359. The fourth-order valence-electron chi connectivity index (χ4n) is 1.84. The number of ether oxygens (including phenoxy) is 1. The molecule has 3 heteroatoms. The summed E-state index contributed by atoms with van der Waals surface area (Å²) in [5.74, 6) is 0.828. The van der Waals surface area contributed by atoms with Crippen molar-refractivity contribution in [3.63, 3.8) is 0 Å². The molecule has 0 aromatic heterocycles. The van der Waals surface area contributed by atoms with E-state index in [2.05, 4.69) is 43.1 Å². The third-order valence-corrected chi connectivity index (χ3v) is 3.15. The standard InChI is InChI=1S/C17H18ClNO/c1-3-10-20-17-9-6-15(18)11-14(17)12-19-16-7-4-13(2)5-8-16/h3-9,11,19H,1,10,12H2,2H3. The summed E-state index contributed by atoms with van der Waals surface area (Å²) in [5, 5.41) is 4.07. The van der Waals surface area contributed by atoms with Crippen molar-refractivity contribution in [3.8, 4) is 5.75 Å². The number of halogens is 1. The first kappa shape index (κ1) is 14.5. The fraction of sp³-hybridized carbons (Fsp3) is 0.176. The van der Waals surface area contributed by atoms with Gasteiger partial charge in [0, 0.05) is 22.8 Å². The quantitative estimate of drug-likeness (QED) is 0.769. The molecule has 0 radical (unpaired) electrons. The van der Waals surface area contributed by atoms with Crippen LogP contribution in [0.4, 0.5) is 5.69 Å². The van der Waals surface area contributed by atoms with Crippen LogP contribution < -0.4 is 10.1 Å². The molecule has 0 unspecified atom stereocenters. The number of hydrogen-bond acceptors (Lipinski definition) is 2. The van der Waals surface area contributed by atoms with Crippen molar-refractivity contribution in [3.05, 3.63) is 71.3 Å². The normalized spacial score (nSPS) is 10.1. The molecule has 0 saturated heterocycles. The molecule has 0 heterocycles. The Kier molecular flexibility index (Phi) is 5.08. The first-order valence-electron chi connectivity index (χ1n) is 6.51. The molecule has 1 N–H and O–H groups in total. The molecule has 2 aromatic rings. The lowest BCUT2D eigenvalue weighted by Gasteiger charge is -2.12. The van der Waals surface area contributed by atoms with Gasteiger partial charge in [0.1, 0.15) is 12.4 Å². The van der Waals surface area contributed by atoms with Crippen LogP contribution in [-0.4, -0.2) is 6.61 Å². The van der Waals surface area contributed by atoms with Crippen LogP contribution in [0.25, 0.3) is 0 Å². The summed E-state index contributed by atoms with van der Waals surface area (Å²) < 4.78 is 5.63. The fourth-order valence-corrected chi connectivity index (χ4v) is 2.04. The maximum atomic E-state index is 6.05. The summed E-state index contributed by atoms with van der Waals surface area (Å²) in [6.07, 6.45) is 1.73. The Morgan fingerprint density at radius 2 is 1.95 bits per heavy atom. The van der Waals surface area contributed by atoms with Crippen molar-refractivity contribution in [2.24, 2.45) is 0 Å². The van der Waals surface area contributed by atoms with Crippen molar-refractivity contribution >= 4 is 17.3 Å². The molecule has 0 saturated carbocycles. The molecule has 0 fully saturated rings. The highest BCUT2D eigenvalue weighted by atomic mass is 35.5. The molecular formula is C17H18ClNO. The third-order valence-electron chi connectivity index (χ3n) is 2.91. The third kappa shape index (κ3) is 4.04. The molecule has 0 amide bonds. The summed E-state index contributed by atoms with van der Waals surface area (Å²) in [6.45, 7) is 6.88. The topological polar surface area (TPSA) is 21.3 Å². The van der Waals surface area contributed by atoms with Crippen molar-refractivity contribution in [2.45, 2.75) is 13.5 Å². The van der Waals surface area contributed by atoms with Gasteiger partial charge in [-0.2, -0.15) is 0 Å². The second-order valence-electron chi connectivity index (χ2n) is 4.57. The Morgan fingerprint density at radius 1 is 1.20 bits per heavy atom. The van der Waals surface area contributed by atoms with Gasteiger partial charge in [-0.25, -0.2) is 0 Å². The van der Waals surface area contributed by atoms with Gasteiger partial charge in [0.2, 0.25) is 0 Å². The van der Waals surface area contributed by atoms with Gasteiger partial charge in [0.15, 0.2) is 0 Å². The highest BCUT2D eigenvalue weighted by molar-refractivity contribution is 6.30. The van der Waals surface area contributed by atoms with E-state index in [0.29, 0.717) is 18.2 Å². The lowest BCUT2D eigenvalue weighted by Crippen LogP contribution is -2.03. The van der Waals surface area contributed by atoms with Crippen LogP contribution >= 0.6 is 11.6 Å². The molecule has 2 aromatic carbocycles. The molecule has 0 spiro atoms. The van der Waals surface area contributed by atoms with E-state index in [9.17, 15) is 0 Å². The van der Waals surface area contributed by atoms with Crippen molar-refractivity contribution < 1.29 is 4.74 Å². The summed E-state index contributed by atoms with van der Waals surface area (Å²) in [7, 11) is 0. The maximum absolute atomic E-state index is 6.05. The van der Waals surface area contributed by atoms with Gasteiger partial charge in [-0.1, -0.05) is 42.0 Å². The van der Waals surface area contributed by atoms with E-state index in [1.807, 2.05) is 18.2 Å². The van der Waals surface area contributed by atoms with Crippen molar-refractivity contribution in [2.75, 3.05) is 11.9 Å². The Bertz CT molecular complexity index is 578. The molecule has 2 nitrogen and oxygen atoms in total. The van der Waals surface area contributed by atoms with Crippen LogP contribution in [0, 0.1) is 6.92 Å². The molecule has 0 aliphatic carbocycles. The molecule has 0 bridgehead atoms. The zero-order valence-corrected chi connectivity index (χ0v) is 12.3. The highest BCUT2D eigenvalue weighted by Gasteiger charge is 2.04. The highest BCUT2D eigenvalue weighted by Crippen LogP contribution is 2.24. The average Bonchev–Trinajstić information content (AvgIpc) is 2.46. The van der Waals surface area contributed by atoms with Crippen LogP contribution in [0.2, 0.25) is 5.02 Å². The zero-order valence-electron chi connectivity index (χ0n) is 11.5. The first-order valence-corrected chi connectivity index (χ1v) is 6.89. The first-order chi connectivity index (χ1) is 9.69. The van der Waals surface area contributed by atoms with Crippen molar-refractivity contribution in [1.29, 1.82) is 0 Å². The summed E-state index contributed by atoms with van der Waals surface area (Å²) >= 11 is 6.05. The SMILES string of the molecule is C=CCOc1ccc(Cl)cc1CNc1ccc(C)cc1. The molecule has 0 atom stereocenters. The summed E-state index contributed by atoms with van der Waals surface area (Å²) in [5.41, 5.74) is 3.35. The lowest BCUT2D eigenvalue weighted by atomic mass is 10.2. The van der Waals surface area contributed by atoms with Crippen LogP contribution in [0.5, 0.6) is 5.75 Å². The number of rotatable bonds is 6. The van der Waals surface area contributed by atoms with Crippen LogP contribution in [0.1, 0.15) is 11.1 Å². The van der Waals surface area contributed by atoms with Gasteiger partial charge in [0.05, 0.1) is 0 Å². The number of aryl methyl sites for hydroxylation is 1. The molecule has 0 aliphatic heterocycles. The monoisotopic (exact) mass is 287 g/mol. The molecule has 2 rings (SSSR count). The zero-order chi connectivity index (χ0) is 14.4. The van der Waals surface area contributed by atoms with Gasteiger partial charge in [-0.05, 0) is 37.3 Å². The summed E-state index contributed by atoms with van der Waals surface area (Å²) in [6, 6.07) is 13.9. The van der Waals surface area contributed by atoms with E-state index in [4.69, 9.17) is 16.3 Å². The maximum Gasteiger partial charge on any atom is 0.124 e. The molecule has 20 heavy (non-hydrogen) atoms. The van der Waals surface area contributed by atoms with E-state index in [1.165, 1.54) is 5.56 Å². The summed E-state index contributed by atoms with van der Waals surface area (Å²) in [4.78, 5) is 0. The second-order valence-corrected chi connectivity index (χ2v) is 5.01. The number of anilines is 1. The van der Waals surface area contributed by atoms with Crippen LogP contribution in [-0.2, 0) is 6.54 Å². The molecule has 0 aliphatic rings. The van der Waals surface area contributed by atoms with E-state index >= 15 is 0 Å². The molecular weight excluding hydrogens is 270 g/mol. The largest absolute Gasteiger partial charge is 0.489 e. The van der Waals surface area contributed by atoms with Gasteiger partial charge < -0.3 is 10.1 Å². The predicted octanol–water partition coefficient (Wildman–Crippen LogP) is 4.83. The van der Waals surface area contributed by atoms with Crippen LogP contribution in [0.3, 0.4) is 0 Å². The second kappa shape index (κ2) is 7.01. The van der Waals surface area contributed by atoms with Gasteiger partial charge >= 0.3 is 0 Å². The Morgan fingerprint density at radius 3 is 2.65 bits per heavy atom. The van der Waals surface area contributed by atoms with E-state index < -0.39 is 0 Å². The number of benzene rings is 2. The minimum Gasteiger partial charge on any atom is -0.489 e. The smallest absolute Gasteiger partial charge is 0.124 e. The minimum absolute atomic E-state index is 0.485. The Balaban J connectivity index is 2.09. The minimum atomic E-state index is 0.485. The predicted molar refractivity (Wildman–Crippen MR) is 85.6 cm³/mol. The number of nitrogens with one attached hydrogen (secondary N) is 1. The Labute approximate surface area is 125 Å². The van der Waals surface area contributed by atoms with E-state index in [0.717, 1.165) is 17.0 Å². The van der Waals surface area contributed by atoms with Gasteiger partial charge in [-0.15, -0.1) is 0 Å².